The summed E-state index contributed by atoms with van der Waals surface area (Å²) in [6.07, 6.45) is 2.91. The van der Waals surface area contributed by atoms with Gasteiger partial charge >= 0.3 is 0 Å². The van der Waals surface area contributed by atoms with Gasteiger partial charge in [-0.2, -0.15) is 0 Å². The minimum absolute atomic E-state index is 0.01000. The van der Waals surface area contributed by atoms with Crippen LogP contribution in [0.25, 0.3) is 0 Å². The highest BCUT2D eigenvalue weighted by Crippen LogP contribution is 2.29. The van der Waals surface area contributed by atoms with Crippen molar-refractivity contribution in [3.8, 4) is 0 Å². The highest BCUT2D eigenvalue weighted by Gasteiger charge is 2.30. The van der Waals surface area contributed by atoms with E-state index in [-0.39, 0.29) is 11.9 Å². The Hall–Kier alpha value is -1.36. The summed E-state index contributed by atoms with van der Waals surface area (Å²) in [6.45, 7) is 4.57. The summed E-state index contributed by atoms with van der Waals surface area (Å²) in [6, 6.07) is -0.201. The minimum Gasteiger partial charge on any atom is -0.357 e. The van der Waals surface area contributed by atoms with Crippen LogP contribution in [0.15, 0.2) is 0 Å². The van der Waals surface area contributed by atoms with Gasteiger partial charge in [-0.05, 0) is 33.1 Å². The Morgan fingerprint density at radius 3 is 2.68 bits per heavy atom. The summed E-state index contributed by atoms with van der Waals surface area (Å²) in [4.78, 5) is 22.8. The van der Waals surface area contributed by atoms with E-state index in [0.717, 1.165) is 37.2 Å². The molecule has 0 aromatic carbocycles. The van der Waals surface area contributed by atoms with Crippen molar-refractivity contribution in [2.45, 2.75) is 39.2 Å². The average molecular weight is 283 g/mol. The van der Waals surface area contributed by atoms with E-state index < -0.39 is 0 Å². The van der Waals surface area contributed by atoms with Gasteiger partial charge in [0.15, 0.2) is 11.0 Å². The summed E-state index contributed by atoms with van der Waals surface area (Å²) in [5.41, 5.74) is 1.67. The Balaban J connectivity index is 2.37. The van der Waals surface area contributed by atoms with Crippen LogP contribution in [0, 0.1) is 13.8 Å². The smallest absolute Gasteiger partial charge is 0.242 e. The van der Waals surface area contributed by atoms with E-state index in [1.165, 1.54) is 0 Å². The summed E-state index contributed by atoms with van der Waals surface area (Å²) >= 11 is 6.20. The maximum Gasteiger partial charge on any atom is 0.242 e. The third-order valence-electron chi connectivity index (χ3n) is 3.57. The lowest BCUT2D eigenvalue weighted by Gasteiger charge is -2.35. The lowest BCUT2D eigenvalue weighted by molar-refractivity contribution is -0.122. The first-order valence-corrected chi connectivity index (χ1v) is 6.91. The molecule has 2 rings (SSSR count). The number of hydrogen-bond donors (Lipinski definition) is 1. The third kappa shape index (κ3) is 2.81. The average Bonchev–Trinajstić information content (AvgIpc) is 2.42. The maximum atomic E-state index is 12.0. The van der Waals surface area contributed by atoms with Crippen LogP contribution < -0.4 is 10.2 Å². The predicted octanol–water partition coefficient (Wildman–Crippen LogP) is 1.85. The molecule has 1 atom stereocenters. The molecule has 1 saturated heterocycles. The molecule has 0 aliphatic carbocycles. The van der Waals surface area contributed by atoms with E-state index in [1.807, 2.05) is 18.7 Å². The van der Waals surface area contributed by atoms with Crippen LogP contribution in [0.4, 0.5) is 5.82 Å². The molecule has 1 aliphatic rings. The molecule has 0 saturated carbocycles. The SMILES string of the molecule is CNC(=O)C1CCCCN1c1nc(C)c(C)nc1Cl. The first-order chi connectivity index (χ1) is 9.04. The molecule has 1 unspecified atom stereocenters. The number of anilines is 1. The third-order valence-corrected chi connectivity index (χ3v) is 3.83. The largest absolute Gasteiger partial charge is 0.357 e. The van der Waals surface area contributed by atoms with Crippen molar-refractivity contribution in [3.63, 3.8) is 0 Å². The second-order valence-electron chi connectivity index (χ2n) is 4.83. The Kier molecular flexibility index (Phi) is 4.24. The van der Waals surface area contributed by atoms with Crippen molar-refractivity contribution < 1.29 is 4.79 Å². The predicted molar refractivity (Wildman–Crippen MR) is 75.6 cm³/mol. The Morgan fingerprint density at radius 2 is 2.00 bits per heavy atom. The zero-order chi connectivity index (χ0) is 14.0. The maximum absolute atomic E-state index is 12.0. The molecule has 19 heavy (non-hydrogen) atoms. The zero-order valence-corrected chi connectivity index (χ0v) is 12.3. The molecule has 1 aromatic rings. The quantitative estimate of drug-likeness (QED) is 0.899. The topological polar surface area (TPSA) is 58.1 Å². The van der Waals surface area contributed by atoms with Gasteiger partial charge in [0, 0.05) is 13.6 Å². The minimum atomic E-state index is -0.201. The lowest BCUT2D eigenvalue weighted by atomic mass is 10.0. The number of aromatic nitrogens is 2. The highest BCUT2D eigenvalue weighted by atomic mass is 35.5. The molecular weight excluding hydrogens is 264 g/mol. The molecule has 0 radical (unpaired) electrons. The van der Waals surface area contributed by atoms with Crippen molar-refractivity contribution in [2.24, 2.45) is 0 Å². The molecule has 104 valence electrons. The Morgan fingerprint density at radius 1 is 1.32 bits per heavy atom. The van der Waals surface area contributed by atoms with E-state index in [1.54, 1.807) is 7.05 Å². The van der Waals surface area contributed by atoms with Gasteiger partial charge in [0.05, 0.1) is 11.4 Å². The molecule has 1 N–H and O–H groups in total. The fourth-order valence-corrected chi connectivity index (χ4v) is 2.65. The van der Waals surface area contributed by atoms with Crippen molar-refractivity contribution in [1.82, 2.24) is 15.3 Å². The molecule has 2 heterocycles. The van der Waals surface area contributed by atoms with Crippen LogP contribution in [-0.2, 0) is 4.79 Å². The first kappa shape index (κ1) is 14.1. The van der Waals surface area contributed by atoms with Crippen LogP contribution in [-0.4, -0.2) is 35.5 Å². The van der Waals surface area contributed by atoms with Crippen LogP contribution >= 0.6 is 11.6 Å². The van der Waals surface area contributed by atoms with Gasteiger partial charge in [-0.15, -0.1) is 0 Å². The lowest BCUT2D eigenvalue weighted by Crippen LogP contribution is -2.49. The number of nitrogens with one attached hydrogen (secondary N) is 1. The number of carbonyl (C=O) groups excluding carboxylic acids is 1. The number of piperidine rings is 1. The normalized spacial score (nSPS) is 19.4. The van der Waals surface area contributed by atoms with E-state index >= 15 is 0 Å². The molecule has 0 bridgehead atoms. The van der Waals surface area contributed by atoms with E-state index in [2.05, 4.69) is 15.3 Å². The van der Waals surface area contributed by atoms with Crippen molar-refractivity contribution in [3.05, 3.63) is 16.5 Å². The van der Waals surface area contributed by atoms with Gasteiger partial charge in [0.25, 0.3) is 0 Å². The van der Waals surface area contributed by atoms with Gasteiger partial charge < -0.3 is 10.2 Å². The fourth-order valence-electron chi connectivity index (χ4n) is 2.37. The fraction of sp³-hybridized carbons (Fsp3) is 0.615. The second-order valence-corrected chi connectivity index (χ2v) is 5.19. The monoisotopic (exact) mass is 282 g/mol. The number of likely N-dealkylation sites (N-methyl/N-ethyl adjacent to an activating group) is 1. The van der Waals surface area contributed by atoms with Crippen LogP contribution in [0.5, 0.6) is 0 Å². The van der Waals surface area contributed by atoms with Gasteiger partial charge in [0.2, 0.25) is 5.91 Å². The number of halogens is 1. The summed E-state index contributed by atoms with van der Waals surface area (Å²) in [7, 11) is 1.66. The highest BCUT2D eigenvalue weighted by molar-refractivity contribution is 6.31. The number of amides is 1. The molecule has 5 nitrogen and oxygen atoms in total. The van der Waals surface area contributed by atoms with E-state index in [0.29, 0.717) is 11.0 Å². The molecule has 0 spiro atoms. The summed E-state index contributed by atoms with van der Waals surface area (Å²) in [5.74, 6) is 0.633. The molecule has 6 heteroatoms. The molecular formula is C13H19ClN4O. The van der Waals surface area contributed by atoms with Gasteiger partial charge in [-0.25, -0.2) is 9.97 Å². The number of nitrogens with zero attached hydrogens (tertiary/aromatic N) is 3. The molecule has 1 amide bonds. The number of hydrogen-bond acceptors (Lipinski definition) is 4. The summed E-state index contributed by atoms with van der Waals surface area (Å²) < 4.78 is 0. The van der Waals surface area contributed by atoms with Crippen molar-refractivity contribution >= 4 is 23.3 Å². The number of carbonyl (C=O) groups is 1. The zero-order valence-electron chi connectivity index (χ0n) is 11.5. The number of rotatable bonds is 2. The van der Waals surface area contributed by atoms with E-state index in [4.69, 9.17) is 11.6 Å². The van der Waals surface area contributed by atoms with Gasteiger partial charge in [-0.1, -0.05) is 11.6 Å². The molecule has 1 aromatic heterocycles. The second kappa shape index (κ2) is 5.74. The van der Waals surface area contributed by atoms with E-state index in [9.17, 15) is 4.79 Å². The van der Waals surface area contributed by atoms with Crippen LogP contribution in [0.2, 0.25) is 5.15 Å². The summed E-state index contributed by atoms with van der Waals surface area (Å²) in [5, 5.41) is 3.08. The number of aryl methyl sites for hydroxylation is 2. The van der Waals surface area contributed by atoms with Crippen molar-refractivity contribution in [2.75, 3.05) is 18.5 Å². The van der Waals surface area contributed by atoms with Crippen LogP contribution in [0.3, 0.4) is 0 Å². The van der Waals surface area contributed by atoms with Crippen molar-refractivity contribution in [1.29, 1.82) is 0 Å². The Bertz CT molecular complexity index is 492. The first-order valence-electron chi connectivity index (χ1n) is 6.53. The van der Waals surface area contributed by atoms with Gasteiger partial charge in [-0.3, -0.25) is 4.79 Å². The van der Waals surface area contributed by atoms with Gasteiger partial charge in [0.1, 0.15) is 6.04 Å². The molecule has 1 fully saturated rings. The molecule has 1 aliphatic heterocycles. The Labute approximate surface area is 118 Å². The standard InChI is InChI=1S/C13H19ClN4O/c1-8-9(2)17-12(11(14)16-8)18-7-5-4-6-10(18)13(19)15-3/h10H,4-7H2,1-3H3,(H,15,19). The van der Waals surface area contributed by atoms with Crippen LogP contribution in [0.1, 0.15) is 30.7 Å².